The smallest absolute Gasteiger partial charge is 0.339 e. The number of rotatable bonds is 6. The fourth-order valence-corrected chi connectivity index (χ4v) is 3.92. The molecule has 0 saturated carbocycles. The Morgan fingerprint density at radius 2 is 1.90 bits per heavy atom. The maximum absolute atomic E-state index is 11.8. The molecule has 29 heavy (non-hydrogen) atoms. The number of carbonyl (C=O) groups is 1. The number of nitrogens with zero attached hydrogens (tertiary/aromatic N) is 1. The summed E-state index contributed by atoms with van der Waals surface area (Å²) in [7, 11) is 0. The molecule has 0 bridgehead atoms. The highest BCUT2D eigenvalue weighted by Gasteiger charge is 2.14. The zero-order valence-electron chi connectivity index (χ0n) is 16.7. The van der Waals surface area contributed by atoms with Gasteiger partial charge in [-0.3, -0.25) is 0 Å². The highest BCUT2D eigenvalue weighted by atomic mass is 35.5. The van der Waals surface area contributed by atoms with Gasteiger partial charge in [-0.15, -0.1) is 0 Å². The largest absolute Gasteiger partial charge is 0.462 e. The molecular formula is C22H26ClN3O2S. The van der Waals surface area contributed by atoms with Crippen molar-refractivity contribution in [2.24, 2.45) is 0 Å². The molecule has 1 aliphatic heterocycles. The fraction of sp³-hybridized carbons (Fsp3) is 0.364. The van der Waals surface area contributed by atoms with Crippen LogP contribution < -0.4 is 15.5 Å². The second-order valence-corrected chi connectivity index (χ2v) is 7.84. The molecule has 0 radical (unpaired) electrons. The lowest BCUT2D eigenvalue weighted by Crippen LogP contribution is -2.31. The van der Waals surface area contributed by atoms with Crippen LogP contribution in [0, 0.1) is 0 Å². The highest BCUT2D eigenvalue weighted by molar-refractivity contribution is 7.80. The minimum absolute atomic E-state index is 0.0527. The lowest BCUT2D eigenvalue weighted by atomic mass is 10.1. The number of hydrogen-bond donors (Lipinski definition) is 2. The molecule has 1 aliphatic rings. The lowest BCUT2D eigenvalue weighted by Gasteiger charge is -2.20. The standard InChI is InChI=1S/C22H26ClN3O2S/c1-3-28-21(27)19-11-8-17(14-20(19)23)25-22(29)24-15(2)16-6-9-18(10-7-16)26-12-4-5-13-26/h6-11,14-15H,3-5,12-13H2,1-2H3,(H2,24,25,29). The van der Waals surface area contributed by atoms with Gasteiger partial charge >= 0.3 is 5.97 Å². The van der Waals surface area contributed by atoms with E-state index in [1.807, 2.05) is 0 Å². The van der Waals surface area contributed by atoms with E-state index in [2.05, 4.69) is 46.7 Å². The Balaban J connectivity index is 1.57. The number of esters is 1. The fourth-order valence-electron chi connectivity index (χ4n) is 3.36. The topological polar surface area (TPSA) is 53.6 Å². The number of thiocarbonyl (C=S) groups is 1. The summed E-state index contributed by atoms with van der Waals surface area (Å²) in [6, 6.07) is 13.7. The van der Waals surface area contributed by atoms with Crippen LogP contribution in [0.2, 0.25) is 5.02 Å². The van der Waals surface area contributed by atoms with Crippen molar-refractivity contribution in [3.8, 4) is 0 Å². The lowest BCUT2D eigenvalue weighted by molar-refractivity contribution is 0.0526. The molecule has 0 aromatic heterocycles. The summed E-state index contributed by atoms with van der Waals surface area (Å²) in [5.41, 5.74) is 3.48. The normalized spacial score (nSPS) is 14.4. The highest BCUT2D eigenvalue weighted by Crippen LogP contribution is 2.24. The SMILES string of the molecule is CCOC(=O)c1ccc(NC(=S)NC(C)c2ccc(N3CCCC3)cc2)cc1Cl. The van der Waals surface area contributed by atoms with Crippen LogP contribution >= 0.6 is 23.8 Å². The maximum atomic E-state index is 11.8. The molecule has 2 aromatic carbocycles. The third-order valence-electron chi connectivity index (χ3n) is 4.93. The van der Waals surface area contributed by atoms with Crippen LogP contribution in [0.4, 0.5) is 11.4 Å². The zero-order chi connectivity index (χ0) is 20.8. The predicted molar refractivity (Wildman–Crippen MR) is 123 cm³/mol. The van der Waals surface area contributed by atoms with Gasteiger partial charge in [0.15, 0.2) is 5.11 Å². The number of halogens is 1. The zero-order valence-corrected chi connectivity index (χ0v) is 18.3. The predicted octanol–water partition coefficient (Wildman–Crippen LogP) is 5.16. The molecule has 1 heterocycles. The van der Waals surface area contributed by atoms with Crippen molar-refractivity contribution in [2.45, 2.75) is 32.7 Å². The summed E-state index contributed by atoms with van der Waals surface area (Å²) in [6.45, 7) is 6.40. The van der Waals surface area contributed by atoms with E-state index in [1.165, 1.54) is 18.5 Å². The molecule has 1 unspecified atom stereocenters. The van der Waals surface area contributed by atoms with Gasteiger partial charge in [-0.1, -0.05) is 23.7 Å². The van der Waals surface area contributed by atoms with Crippen LogP contribution in [-0.4, -0.2) is 30.8 Å². The van der Waals surface area contributed by atoms with Crippen LogP contribution in [0.15, 0.2) is 42.5 Å². The number of nitrogens with one attached hydrogen (secondary N) is 2. The first-order chi connectivity index (χ1) is 14.0. The molecule has 5 nitrogen and oxygen atoms in total. The van der Waals surface area contributed by atoms with Crippen molar-refractivity contribution in [1.82, 2.24) is 5.32 Å². The molecule has 2 N–H and O–H groups in total. The first kappa shape index (κ1) is 21.4. The number of hydrogen-bond acceptors (Lipinski definition) is 4. The Morgan fingerprint density at radius 3 is 2.52 bits per heavy atom. The molecule has 7 heteroatoms. The first-order valence-corrected chi connectivity index (χ1v) is 10.7. The first-order valence-electron chi connectivity index (χ1n) is 9.87. The van der Waals surface area contributed by atoms with Crippen molar-refractivity contribution in [3.05, 3.63) is 58.6 Å². The van der Waals surface area contributed by atoms with E-state index in [4.69, 9.17) is 28.6 Å². The van der Waals surface area contributed by atoms with Gasteiger partial charge in [-0.2, -0.15) is 0 Å². The van der Waals surface area contributed by atoms with Gasteiger partial charge in [0.2, 0.25) is 0 Å². The Labute approximate surface area is 182 Å². The Morgan fingerprint density at radius 1 is 1.21 bits per heavy atom. The molecule has 0 aliphatic carbocycles. The van der Waals surface area contributed by atoms with Crippen molar-refractivity contribution < 1.29 is 9.53 Å². The van der Waals surface area contributed by atoms with E-state index in [-0.39, 0.29) is 6.04 Å². The van der Waals surface area contributed by atoms with Gasteiger partial charge in [-0.25, -0.2) is 4.79 Å². The van der Waals surface area contributed by atoms with Crippen molar-refractivity contribution in [1.29, 1.82) is 0 Å². The van der Waals surface area contributed by atoms with Crippen molar-refractivity contribution in [3.63, 3.8) is 0 Å². The second kappa shape index (κ2) is 9.94. The van der Waals surface area contributed by atoms with Gasteiger partial charge in [0.05, 0.1) is 23.2 Å². The van der Waals surface area contributed by atoms with Gasteiger partial charge in [0.25, 0.3) is 0 Å². The summed E-state index contributed by atoms with van der Waals surface area (Å²) >= 11 is 11.6. The summed E-state index contributed by atoms with van der Waals surface area (Å²) in [6.07, 6.45) is 2.54. The Kier molecular flexibility index (Phi) is 7.34. The summed E-state index contributed by atoms with van der Waals surface area (Å²) < 4.78 is 4.99. The van der Waals surface area contributed by atoms with Gasteiger partial charge in [0.1, 0.15) is 0 Å². The van der Waals surface area contributed by atoms with E-state index in [9.17, 15) is 4.79 Å². The molecule has 3 rings (SSSR count). The Bertz CT molecular complexity index is 867. The summed E-state index contributed by atoms with van der Waals surface area (Å²) in [5.74, 6) is -0.434. The van der Waals surface area contributed by atoms with Crippen LogP contribution in [0.1, 0.15) is 48.7 Å². The van der Waals surface area contributed by atoms with E-state index >= 15 is 0 Å². The minimum Gasteiger partial charge on any atom is -0.462 e. The van der Waals surface area contributed by atoms with Gasteiger partial charge in [0, 0.05) is 24.5 Å². The summed E-state index contributed by atoms with van der Waals surface area (Å²) in [4.78, 5) is 14.3. The molecule has 2 aromatic rings. The maximum Gasteiger partial charge on any atom is 0.339 e. The second-order valence-electron chi connectivity index (χ2n) is 7.02. The average molecular weight is 432 g/mol. The Hall–Kier alpha value is -2.31. The third kappa shape index (κ3) is 5.61. The third-order valence-corrected chi connectivity index (χ3v) is 5.47. The summed E-state index contributed by atoms with van der Waals surface area (Å²) in [5, 5.41) is 7.20. The van der Waals surface area contributed by atoms with E-state index in [0.29, 0.717) is 28.0 Å². The van der Waals surface area contributed by atoms with Crippen molar-refractivity contribution >= 4 is 46.3 Å². The number of carbonyl (C=O) groups excluding carboxylic acids is 1. The quantitative estimate of drug-likeness (QED) is 0.486. The van der Waals surface area contributed by atoms with Crippen LogP contribution in [0.5, 0.6) is 0 Å². The van der Waals surface area contributed by atoms with Crippen molar-refractivity contribution in [2.75, 3.05) is 29.9 Å². The molecule has 154 valence electrons. The minimum atomic E-state index is -0.434. The van der Waals surface area contributed by atoms with E-state index in [0.717, 1.165) is 18.7 Å². The number of benzene rings is 2. The molecule has 1 fully saturated rings. The molecule has 0 amide bonds. The molecule has 1 saturated heterocycles. The van der Waals surface area contributed by atoms with E-state index < -0.39 is 5.97 Å². The monoisotopic (exact) mass is 431 g/mol. The average Bonchev–Trinajstić information content (AvgIpc) is 3.23. The number of anilines is 2. The van der Waals surface area contributed by atoms with Gasteiger partial charge in [-0.05, 0) is 74.8 Å². The molecule has 1 atom stereocenters. The van der Waals surface area contributed by atoms with Gasteiger partial charge < -0.3 is 20.3 Å². The van der Waals surface area contributed by atoms with E-state index in [1.54, 1.807) is 25.1 Å². The van der Waals surface area contributed by atoms with Crippen LogP contribution in [0.25, 0.3) is 0 Å². The van der Waals surface area contributed by atoms with Crippen LogP contribution in [-0.2, 0) is 4.74 Å². The van der Waals surface area contributed by atoms with Crippen LogP contribution in [0.3, 0.4) is 0 Å². The molecule has 0 spiro atoms. The number of ether oxygens (including phenoxy) is 1. The molecular weight excluding hydrogens is 406 g/mol.